The third-order valence-electron chi connectivity index (χ3n) is 1.96. The smallest absolute Gasteiger partial charge is 0.330 e. The number of carbonyl (C=O) groups is 1. The second-order valence-corrected chi connectivity index (χ2v) is 3.48. The topological polar surface area (TPSA) is 26.3 Å². The summed E-state index contributed by atoms with van der Waals surface area (Å²) in [6.07, 6.45) is 2.65. The van der Waals surface area contributed by atoms with Crippen LogP contribution in [0.5, 0.6) is 0 Å². The van der Waals surface area contributed by atoms with Crippen LogP contribution >= 0.6 is 0 Å². The molecule has 0 spiro atoms. The van der Waals surface area contributed by atoms with E-state index in [1.54, 1.807) is 6.08 Å². The molecule has 11 heavy (non-hydrogen) atoms. The van der Waals surface area contributed by atoms with Crippen molar-refractivity contribution in [2.24, 2.45) is 5.41 Å². The van der Waals surface area contributed by atoms with Gasteiger partial charge in [0.2, 0.25) is 0 Å². The highest BCUT2D eigenvalue weighted by atomic mass is 16.5. The van der Waals surface area contributed by atoms with E-state index in [-0.39, 0.29) is 11.4 Å². The number of ether oxygens (including phenoxy) is 1. The van der Waals surface area contributed by atoms with Gasteiger partial charge in [-0.1, -0.05) is 19.4 Å². The van der Waals surface area contributed by atoms with E-state index in [0.717, 1.165) is 6.42 Å². The van der Waals surface area contributed by atoms with Gasteiger partial charge in [0.1, 0.15) is 0 Å². The zero-order valence-electron chi connectivity index (χ0n) is 7.31. The zero-order chi connectivity index (χ0) is 8.48. The molecule has 0 aromatic carbocycles. The molecule has 0 amide bonds. The van der Waals surface area contributed by atoms with Crippen molar-refractivity contribution < 1.29 is 9.53 Å². The quantitative estimate of drug-likeness (QED) is 0.448. The lowest BCUT2D eigenvalue weighted by atomic mass is 10.2. The van der Waals surface area contributed by atoms with Gasteiger partial charge in [-0.25, -0.2) is 4.79 Å². The first-order valence-corrected chi connectivity index (χ1v) is 3.94. The van der Waals surface area contributed by atoms with Gasteiger partial charge in [-0.2, -0.15) is 0 Å². The highest BCUT2D eigenvalue weighted by Crippen LogP contribution is 2.50. The van der Waals surface area contributed by atoms with Gasteiger partial charge in [-0.15, -0.1) is 0 Å². The Hall–Kier alpha value is -0.790. The minimum atomic E-state index is -0.201. The van der Waals surface area contributed by atoms with E-state index in [0.29, 0.717) is 6.61 Å². The average Bonchev–Trinajstić information content (AvgIpc) is 2.39. The van der Waals surface area contributed by atoms with Crippen LogP contribution in [0.3, 0.4) is 0 Å². The minimum Gasteiger partial charge on any atom is -0.463 e. The van der Waals surface area contributed by atoms with Gasteiger partial charge >= 0.3 is 5.97 Å². The summed E-state index contributed by atoms with van der Waals surface area (Å²) >= 11 is 0. The summed E-state index contributed by atoms with van der Waals surface area (Å²) < 4.78 is 4.77. The highest BCUT2D eigenvalue weighted by molar-refractivity contribution is 5.84. The minimum absolute atomic E-state index is 0.201. The Morgan fingerprint density at radius 2 is 2.27 bits per heavy atom. The second kappa shape index (κ2) is 2.68. The number of esters is 1. The van der Waals surface area contributed by atoms with Crippen molar-refractivity contribution in [2.45, 2.75) is 27.2 Å². The first-order valence-electron chi connectivity index (χ1n) is 3.94. The lowest BCUT2D eigenvalue weighted by Crippen LogP contribution is -1.99. The van der Waals surface area contributed by atoms with Crippen molar-refractivity contribution in [1.29, 1.82) is 0 Å². The molecular weight excluding hydrogens is 140 g/mol. The maximum atomic E-state index is 10.9. The van der Waals surface area contributed by atoms with Crippen molar-refractivity contribution in [3.63, 3.8) is 0 Å². The number of carbonyl (C=O) groups excluding carboxylic acids is 1. The normalized spacial score (nSPS) is 23.4. The predicted molar refractivity (Wildman–Crippen MR) is 43.1 cm³/mol. The number of allylic oxidation sites excluding steroid dienone is 1. The lowest BCUT2D eigenvalue weighted by Gasteiger charge is -1.95. The Balaban J connectivity index is 2.43. The molecule has 1 rings (SSSR count). The summed E-state index contributed by atoms with van der Waals surface area (Å²) in [5.74, 6) is -0.201. The summed E-state index contributed by atoms with van der Waals surface area (Å²) in [6.45, 7) is 6.52. The second-order valence-electron chi connectivity index (χ2n) is 3.48. The van der Waals surface area contributed by atoms with Crippen LogP contribution in [-0.2, 0) is 9.53 Å². The van der Waals surface area contributed by atoms with Crippen LogP contribution < -0.4 is 0 Å². The number of hydrogen-bond acceptors (Lipinski definition) is 2. The van der Waals surface area contributed by atoms with Gasteiger partial charge in [-0.05, 0) is 18.8 Å². The number of rotatable bonds is 2. The van der Waals surface area contributed by atoms with Crippen LogP contribution in [0.4, 0.5) is 0 Å². The van der Waals surface area contributed by atoms with Crippen LogP contribution in [0.25, 0.3) is 0 Å². The molecule has 1 aliphatic rings. The van der Waals surface area contributed by atoms with Crippen LogP contribution in [0.2, 0.25) is 0 Å². The van der Waals surface area contributed by atoms with E-state index in [1.807, 2.05) is 6.92 Å². The Labute approximate surface area is 67.2 Å². The van der Waals surface area contributed by atoms with E-state index in [4.69, 9.17) is 4.74 Å². The summed E-state index contributed by atoms with van der Waals surface area (Å²) in [7, 11) is 0. The SMILES string of the molecule is CCOC(=O)/C=C1/CC1(C)C. The molecular formula is C9H14O2. The largest absolute Gasteiger partial charge is 0.463 e. The molecule has 0 aliphatic heterocycles. The zero-order valence-corrected chi connectivity index (χ0v) is 7.31. The number of hydrogen-bond donors (Lipinski definition) is 0. The third-order valence-corrected chi connectivity index (χ3v) is 1.96. The first kappa shape index (κ1) is 8.31. The fourth-order valence-electron chi connectivity index (χ4n) is 1.00. The van der Waals surface area contributed by atoms with Gasteiger partial charge in [0.15, 0.2) is 0 Å². The summed E-state index contributed by atoms with van der Waals surface area (Å²) in [4.78, 5) is 10.9. The van der Waals surface area contributed by atoms with Crippen molar-refractivity contribution in [3.05, 3.63) is 11.6 Å². The predicted octanol–water partition coefficient (Wildman–Crippen LogP) is 1.91. The fraction of sp³-hybridized carbons (Fsp3) is 0.667. The molecule has 0 radical (unpaired) electrons. The molecule has 0 bridgehead atoms. The van der Waals surface area contributed by atoms with Gasteiger partial charge in [0.05, 0.1) is 6.61 Å². The van der Waals surface area contributed by atoms with Gasteiger partial charge < -0.3 is 4.74 Å². The molecule has 1 fully saturated rings. The van der Waals surface area contributed by atoms with E-state index >= 15 is 0 Å². The average molecular weight is 154 g/mol. The third kappa shape index (κ3) is 2.07. The molecule has 1 aliphatic carbocycles. The summed E-state index contributed by atoms with van der Waals surface area (Å²) in [5.41, 5.74) is 1.46. The van der Waals surface area contributed by atoms with E-state index in [2.05, 4.69) is 13.8 Å². The lowest BCUT2D eigenvalue weighted by molar-refractivity contribution is -0.137. The Morgan fingerprint density at radius 3 is 2.64 bits per heavy atom. The highest BCUT2D eigenvalue weighted by Gasteiger charge is 2.39. The van der Waals surface area contributed by atoms with E-state index < -0.39 is 0 Å². The summed E-state index contributed by atoms with van der Waals surface area (Å²) in [5, 5.41) is 0. The molecule has 0 heterocycles. The molecule has 0 N–H and O–H groups in total. The maximum absolute atomic E-state index is 10.9. The van der Waals surface area contributed by atoms with Crippen LogP contribution in [0, 0.1) is 5.41 Å². The molecule has 1 saturated carbocycles. The Bertz CT molecular complexity index is 202. The monoisotopic (exact) mass is 154 g/mol. The Kier molecular flexibility index (Phi) is 2.03. The molecule has 2 nitrogen and oxygen atoms in total. The summed E-state index contributed by atoms with van der Waals surface area (Å²) in [6, 6.07) is 0. The van der Waals surface area contributed by atoms with E-state index in [1.165, 1.54) is 5.57 Å². The van der Waals surface area contributed by atoms with Crippen LogP contribution in [-0.4, -0.2) is 12.6 Å². The van der Waals surface area contributed by atoms with Crippen molar-refractivity contribution in [2.75, 3.05) is 6.61 Å². The van der Waals surface area contributed by atoms with Crippen molar-refractivity contribution >= 4 is 5.97 Å². The van der Waals surface area contributed by atoms with Gasteiger partial charge in [0, 0.05) is 6.08 Å². The molecule has 0 saturated heterocycles. The Morgan fingerprint density at radius 1 is 1.73 bits per heavy atom. The van der Waals surface area contributed by atoms with Gasteiger partial charge in [0.25, 0.3) is 0 Å². The van der Waals surface area contributed by atoms with Gasteiger partial charge in [-0.3, -0.25) is 0 Å². The van der Waals surface area contributed by atoms with Crippen LogP contribution in [0.1, 0.15) is 27.2 Å². The maximum Gasteiger partial charge on any atom is 0.330 e. The molecule has 0 atom stereocenters. The fourth-order valence-corrected chi connectivity index (χ4v) is 1.00. The molecule has 0 aromatic rings. The standard InChI is InChI=1S/C9H14O2/c1-4-11-8(10)5-7-6-9(7,2)3/h5H,4,6H2,1-3H3/b7-5-. The molecule has 0 unspecified atom stereocenters. The molecule has 0 aromatic heterocycles. The van der Waals surface area contributed by atoms with E-state index in [9.17, 15) is 4.79 Å². The first-order chi connectivity index (χ1) is 5.06. The molecule has 2 heteroatoms. The molecule has 62 valence electrons. The van der Waals surface area contributed by atoms with Crippen LogP contribution in [0.15, 0.2) is 11.6 Å². The van der Waals surface area contributed by atoms with Crippen molar-refractivity contribution in [3.8, 4) is 0 Å². The van der Waals surface area contributed by atoms with Crippen molar-refractivity contribution in [1.82, 2.24) is 0 Å².